The minimum atomic E-state index is -0.0639. The van der Waals surface area contributed by atoms with Crippen molar-refractivity contribution in [1.82, 2.24) is 20.1 Å². The van der Waals surface area contributed by atoms with E-state index in [1.165, 1.54) is 0 Å². The molecule has 0 radical (unpaired) electrons. The maximum atomic E-state index is 12.0. The van der Waals surface area contributed by atoms with Gasteiger partial charge in [0.2, 0.25) is 5.89 Å². The first-order valence-corrected chi connectivity index (χ1v) is 8.54. The smallest absolute Gasteiger partial charge is 0.251 e. The number of nitrogens with one attached hydrogen (secondary N) is 1. The number of carbonyl (C=O) groups is 1. The van der Waals surface area contributed by atoms with Gasteiger partial charge in [0.15, 0.2) is 5.58 Å². The second-order valence-electron chi connectivity index (χ2n) is 5.96. The quantitative estimate of drug-likeness (QED) is 0.596. The van der Waals surface area contributed by atoms with Crippen molar-refractivity contribution in [3.05, 3.63) is 66.5 Å². The van der Waals surface area contributed by atoms with E-state index in [0.717, 1.165) is 28.8 Å². The standard InChI is InChI=1S/C20H18N4O2/c1-2-11-21-19(25)14-7-9-16(10-8-14)24-13-15(12-22-24)20-23-17-5-3-4-6-18(17)26-20/h3-10,12-13H,2,11H2,1H3,(H,21,25). The summed E-state index contributed by atoms with van der Waals surface area (Å²) in [5.74, 6) is 0.471. The largest absolute Gasteiger partial charge is 0.436 e. The highest BCUT2D eigenvalue weighted by Crippen LogP contribution is 2.24. The van der Waals surface area contributed by atoms with Crippen molar-refractivity contribution in [1.29, 1.82) is 0 Å². The Hall–Kier alpha value is -3.41. The van der Waals surface area contributed by atoms with Crippen LogP contribution in [-0.2, 0) is 0 Å². The van der Waals surface area contributed by atoms with E-state index in [0.29, 0.717) is 18.0 Å². The average molecular weight is 346 g/mol. The van der Waals surface area contributed by atoms with Gasteiger partial charge in [-0.05, 0) is 42.8 Å². The molecule has 0 saturated carbocycles. The van der Waals surface area contributed by atoms with Crippen molar-refractivity contribution in [3.8, 4) is 17.1 Å². The number of hydrogen-bond acceptors (Lipinski definition) is 4. The van der Waals surface area contributed by atoms with Gasteiger partial charge >= 0.3 is 0 Å². The number of aromatic nitrogens is 3. The van der Waals surface area contributed by atoms with Crippen LogP contribution in [-0.4, -0.2) is 27.2 Å². The van der Waals surface area contributed by atoms with Gasteiger partial charge in [-0.2, -0.15) is 5.10 Å². The SMILES string of the molecule is CCCNC(=O)c1ccc(-n2cc(-c3nc4ccccc4o3)cn2)cc1. The number of fused-ring (bicyclic) bond motifs is 1. The normalized spacial score (nSPS) is 11.0. The lowest BCUT2D eigenvalue weighted by Crippen LogP contribution is -2.23. The van der Waals surface area contributed by atoms with E-state index in [1.54, 1.807) is 23.0 Å². The number of benzene rings is 2. The molecule has 2 aromatic carbocycles. The van der Waals surface area contributed by atoms with Crippen molar-refractivity contribution in [3.63, 3.8) is 0 Å². The summed E-state index contributed by atoms with van der Waals surface area (Å²) in [6.07, 6.45) is 4.49. The van der Waals surface area contributed by atoms with Gasteiger partial charge in [0.05, 0.1) is 17.4 Å². The minimum absolute atomic E-state index is 0.0639. The van der Waals surface area contributed by atoms with Gasteiger partial charge in [0.25, 0.3) is 5.91 Å². The summed E-state index contributed by atoms with van der Waals surface area (Å²) in [4.78, 5) is 16.5. The first-order chi connectivity index (χ1) is 12.7. The monoisotopic (exact) mass is 346 g/mol. The zero-order valence-corrected chi connectivity index (χ0v) is 14.3. The molecule has 0 unspecified atom stereocenters. The van der Waals surface area contributed by atoms with E-state index in [9.17, 15) is 4.79 Å². The molecule has 6 heteroatoms. The fraction of sp³-hybridized carbons (Fsp3) is 0.150. The van der Waals surface area contributed by atoms with Crippen LogP contribution in [0.15, 0.2) is 65.3 Å². The van der Waals surface area contributed by atoms with Crippen LogP contribution in [0.25, 0.3) is 28.2 Å². The number of amides is 1. The first-order valence-electron chi connectivity index (χ1n) is 8.54. The van der Waals surface area contributed by atoms with Crippen LogP contribution < -0.4 is 5.32 Å². The third-order valence-electron chi connectivity index (χ3n) is 4.05. The molecule has 1 N–H and O–H groups in total. The Labute approximate surface area is 150 Å². The molecule has 0 atom stereocenters. The number of oxazole rings is 1. The van der Waals surface area contributed by atoms with Crippen molar-refractivity contribution in [2.75, 3.05) is 6.54 Å². The second-order valence-corrected chi connectivity index (χ2v) is 5.96. The molecule has 6 nitrogen and oxygen atoms in total. The Balaban J connectivity index is 1.56. The molecule has 26 heavy (non-hydrogen) atoms. The highest BCUT2D eigenvalue weighted by molar-refractivity contribution is 5.94. The van der Waals surface area contributed by atoms with E-state index in [4.69, 9.17) is 4.42 Å². The Bertz CT molecular complexity index is 1010. The Kier molecular flexibility index (Phi) is 4.23. The predicted octanol–water partition coefficient (Wildman–Crippen LogP) is 3.82. The maximum absolute atomic E-state index is 12.0. The first kappa shape index (κ1) is 16.1. The van der Waals surface area contributed by atoms with Crippen LogP contribution in [0.5, 0.6) is 0 Å². The molecule has 2 aromatic heterocycles. The van der Waals surface area contributed by atoms with E-state index in [-0.39, 0.29) is 5.91 Å². The highest BCUT2D eigenvalue weighted by Gasteiger charge is 2.11. The fourth-order valence-corrected chi connectivity index (χ4v) is 2.68. The Morgan fingerprint density at radius 3 is 2.73 bits per heavy atom. The van der Waals surface area contributed by atoms with Crippen molar-refractivity contribution >= 4 is 17.0 Å². The molecule has 0 saturated heterocycles. The molecule has 0 aliphatic heterocycles. The summed E-state index contributed by atoms with van der Waals surface area (Å²) in [5.41, 5.74) is 3.86. The molecular weight excluding hydrogens is 328 g/mol. The van der Waals surface area contributed by atoms with Gasteiger partial charge in [-0.25, -0.2) is 9.67 Å². The molecule has 4 aromatic rings. The van der Waals surface area contributed by atoms with Crippen molar-refractivity contribution in [2.45, 2.75) is 13.3 Å². The zero-order chi connectivity index (χ0) is 17.9. The molecule has 0 spiro atoms. The average Bonchev–Trinajstić information content (AvgIpc) is 3.33. The second kappa shape index (κ2) is 6.84. The van der Waals surface area contributed by atoms with Crippen LogP contribution >= 0.6 is 0 Å². The number of para-hydroxylation sites is 2. The molecule has 0 bridgehead atoms. The van der Waals surface area contributed by atoms with Crippen LogP contribution in [0.4, 0.5) is 0 Å². The van der Waals surface area contributed by atoms with E-state index >= 15 is 0 Å². The third kappa shape index (κ3) is 3.09. The molecule has 2 heterocycles. The summed E-state index contributed by atoms with van der Waals surface area (Å²) in [7, 11) is 0. The summed E-state index contributed by atoms with van der Waals surface area (Å²) in [6.45, 7) is 2.70. The number of rotatable bonds is 5. The van der Waals surface area contributed by atoms with Crippen LogP contribution in [0, 0.1) is 0 Å². The highest BCUT2D eigenvalue weighted by atomic mass is 16.3. The lowest BCUT2D eigenvalue weighted by Gasteiger charge is -2.05. The molecule has 4 rings (SSSR count). The summed E-state index contributed by atoms with van der Waals surface area (Å²) in [6, 6.07) is 15.0. The van der Waals surface area contributed by atoms with Gasteiger partial charge < -0.3 is 9.73 Å². The van der Waals surface area contributed by atoms with Gasteiger partial charge in [0, 0.05) is 18.3 Å². The van der Waals surface area contributed by atoms with Crippen molar-refractivity contribution < 1.29 is 9.21 Å². The molecular formula is C20H18N4O2. The lowest BCUT2D eigenvalue weighted by atomic mass is 10.2. The minimum Gasteiger partial charge on any atom is -0.436 e. The Morgan fingerprint density at radius 1 is 1.15 bits per heavy atom. The third-order valence-corrected chi connectivity index (χ3v) is 4.05. The Morgan fingerprint density at radius 2 is 1.96 bits per heavy atom. The zero-order valence-electron chi connectivity index (χ0n) is 14.3. The van der Waals surface area contributed by atoms with E-state index in [2.05, 4.69) is 15.4 Å². The number of nitrogens with zero attached hydrogens (tertiary/aromatic N) is 3. The molecule has 130 valence electrons. The van der Waals surface area contributed by atoms with E-state index in [1.807, 2.05) is 49.5 Å². The molecule has 0 fully saturated rings. The van der Waals surface area contributed by atoms with Gasteiger partial charge in [-0.1, -0.05) is 19.1 Å². The van der Waals surface area contributed by atoms with Gasteiger partial charge in [0.1, 0.15) is 5.52 Å². The maximum Gasteiger partial charge on any atom is 0.251 e. The molecule has 1 amide bonds. The number of hydrogen-bond donors (Lipinski definition) is 1. The predicted molar refractivity (Wildman–Crippen MR) is 99.2 cm³/mol. The van der Waals surface area contributed by atoms with Gasteiger partial charge in [-0.3, -0.25) is 4.79 Å². The van der Waals surface area contributed by atoms with Crippen LogP contribution in [0.1, 0.15) is 23.7 Å². The summed E-state index contributed by atoms with van der Waals surface area (Å²) in [5, 5.41) is 7.24. The number of carbonyl (C=O) groups excluding carboxylic acids is 1. The van der Waals surface area contributed by atoms with E-state index < -0.39 is 0 Å². The van der Waals surface area contributed by atoms with Crippen LogP contribution in [0.3, 0.4) is 0 Å². The van der Waals surface area contributed by atoms with Crippen LogP contribution in [0.2, 0.25) is 0 Å². The summed E-state index contributed by atoms with van der Waals surface area (Å²) < 4.78 is 7.51. The molecule has 0 aliphatic rings. The van der Waals surface area contributed by atoms with Gasteiger partial charge in [-0.15, -0.1) is 0 Å². The van der Waals surface area contributed by atoms with Crippen molar-refractivity contribution in [2.24, 2.45) is 0 Å². The summed E-state index contributed by atoms with van der Waals surface area (Å²) >= 11 is 0. The lowest BCUT2D eigenvalue weighted by molar-refractivity contribution is 0.0953. The molecule has 0 aliphatic carbocycles. The topological polar surface area (TPSA) is 73.0 Å². The fourth-order valence-electron chi connectivity index (χ4n) is 2.68.